The highest BCUT2D eigenvalue weighted by atomic mass is 35.5. The summed E-state index contributed by atoms with van der Waals surface area (Å²) in [6, 6.07) is 0. The van der Waals surface area contributed by atoms with Crippen molar-refractivity contribution in [2.75, 3.05) is 0 Å². The van der Waals surface area contributed by atoms with Crippen molar-refractivity contribution < 1.29 is 5.11 Å². The second-order valence-corrected chi connectivity index (χ2v) is 3.64. The zero-order chi connectivity index (χ0) is 10.8. The molecular formula is C9H11ClN4O. The molecule has 0 saturated carbocycles. The maximum atomic E-state index is 8.86. The van der Waals surface area contributed by atoms with Gasteiger partial charge in [0.25, 0.3) is 0 Å². The Balaban J connectivity index is 2.18. The predicted octanol–water partition coefficient (Wildman–Crippen LogP) is 0.811. The number of hydrogen-bond acceptors (Lipinski definition) is 3. The van der Waals surface area contributed by atoms with Crippen LogP contribution in [-0.2, 0) is 20.2 Å². The Kier molecular flexibility index (Phi) is 2.75. The molecule has 0 radical (unpaired) electrons. The Bertz CT molecular complexity index is 462. The van der Waals surface area contributed by atoms with Gasteiger partial charge in [-0.25, -0.2) is 9.97 Å². The second kappa shape index (κ2) is 4.04. The zero-order valence-electron chi connectivity index (χ0n) is 8.26. The van der Waals surface area contributed by atoms with Crippen LogP contribution in [0.2, 0.25) is 5.15 Å². The Hall–Kier alpha value is -1.33. The number of hydrogen-bond donors (Lipinski definition) is 1. The van der Waals surface area contributed by atoms with Gasteiger partial charge in [0, 0.05) is 13.2 Å². The molecule has 2 aromatic rings. The molecule has 0 fully saturated rings. The zero-order valence-corrected chi connectivity index (χ0v) is 9.02. The summed E-state index contributed by atoms with van der Waals surface area (Å²) in [6.45, 7) is 0.546. The molecule has 6 heteroatoms. The highest BCUT2D eigenvalue weighted by molar-refractivity contribution is 6.29. The Morgan fingerprint density at radius 2 is 2.27 bits per heavy atom. The normalized spacial score (nSPS) is 10.9. The van der Waals surface area contributed by atoms with E-state index in [2.05, 4.69) is 9.97 Å². The van der Waals surface area contributed by atoms with Gasteiger partial charge in [-0.15, -0.1) is 0 Å². The van der Waals surface area contributed by atoms with E-state index in [0.29, 0.717) is 17.4 Å². The van der Waals surface area contributed by atoms with E-state index in [0.717, 1.165) is 5.82 Å². The van der Waals surface area contributed by atoms with Crippen LogP contribution in [0.1, 0.15) is 11.5 Å². The van der Waals surface area contributed by atoms with Crippen molar-refractivity contribution in [2.24, 2.45) is 7.05 Å². The fraction of sp³-hybridized carbons (Fsp3) is 0.333. The average molecular weight is 227 g/mol. The van der Waals surface area contributed by atoms with Crippen molar-refractivity contribution >= 4 is 11.6 Å². The third kappa shape index (κ3) is 2.03. The van der Waals surface area contributed by atoms with Gasteiger partial charge in [0.05, 0.1) is 31.4 Å². The van der Waals surface area contributed by atoms with Gasteiger partial charge in [-0.3, -0.25) is 0 Å². The Labute approximate surface area is 92.0 Å². The minimum atomic E-state index is -0.0473. The van der Waals surface area contributed by atoms with Crippen LogP contribution in [-0.4, -0.2) is 24.2 Å². The van der Waals surface area contributed by atoms with E-state index >= 15 is 0 Å². The first-order valence-electron chi connectivity index (χ1n) is 4.48. The fourth-order valence-corrected chi connectivity index (χ4v) is 1.46. The number of aromatic nitrogens is 4. The van der Waals surface area contributed by atoms with Crippen molar-refractivity contribution in [3.63, 3.8) is 0 Å². The van der Waals surface area contributed by atoms with E-state index in [1.165, 1.54) is 0 Å². The van der Waals surface area contributed by atoms with Gasteiger partial charge < -0.3 is 14.2 Å². The lowest BCUT2D eigenvalue weighted by molar-refractivity contribution is 0.277. The monoisotopic (exact) mass is 226 g/mol. The molecule has 2 heterocycles. The molecule has 2 rings (SSSR count). The van der Waals surface area contributed by atoms with Gasteiger partial charge in [0.15, 0.2) is 0 Å². The summed E-state index contributed by atoms with van der Waals surface area (Å²) in [5, 5.41) is 9.46. The largest absolute Gasteiger partial charge is 0.390 e. The van der Waals surface area contributed by atoms with Gasteiger partial charge >= 0.3 is 0 Å². The molecule has 0 unspecified atom stereocenters. The summed E-state index contributed by atoms with van der Waals surface area (Å²) in [4.78, 5) is 8.18. The summed E-state index contributed by atoms with van der Waals surface area (Å²) in [7, 11) is 1.86. The van der Waals surface area contributed by atoms with Crippen LogP contribution < -0.4 is 0 Å². The molecule has 2 aromatic heterocycles. The number of nitrogens with zero attached hydrogens (tertiary/aromatic N) is 4. The lowest BCUT2D eigenvalue weighted by Crippen LogP contribution is -2.04. The standard InChI is InChI=1S/C9H11ClN4O/c1-13-8(10)2-11-9(13)4-14-3-7(5-15)12-6-14/h2-3,6,15H,4-5H2,1H3. The van der Waals surface area contributed by atoms with Crippen molar-refractivity contribution in [3.05, 3.63) is 35.4 Å². The molecule has 1 N–H and O–H groups in total. The molecule has 0 amide bonds. The van der Waals surface area contributed by atoms with E-state index in [1.54, 1.807) is 23.3 Å². The van der Waals surface area contributed by atoms with Crippen molar-refractivity contribution in [1.29, 1.82) is 0 Å². The van der Waals surface area contributed by atoms with Crippen LogP contribution in [0.4, 0.5) is 0 Å². The minimum absolute atomic E-state index is 0.0473. The van der Waals surface area contributed by atoms with Crippen molar-refractivity contribution in [1.82, 2.24) is 19.1 Å². The molecule has 0 spiro atoms. The van der Waals surface area contributed by atoms with Crippen molar-refractivity contribution in [2.45, 2.75) is 13.2 Å². The molecule has 0 saturated heterocycles. The summed E-state index contributed by atoms with van der Waals surface area (Å²) in [5.74, 6) is 0.849. The summed E-state index contributed by atoms with van der Waals surface area (Å²) in [6.07, 6.45) is 5.05. The van der Waals surface area contributed by atoms with Gasteiger partial charge in [-0.1, -0.05) is 11.6 Å². The molecule has 0 atom stereocenters. The average Bonchev–Trinajstić information content (AvgIpc) is 2.80. The highest BCUT2D eigenvalue weighted by Crippen LogP contribution is 2.10. The minimum Gasteiger partial charge on any atom is -0.390 e. The molecule has 80 valence electrons. The summed E-state index contributed by atoms with van der Waals surface area (Å²) < 4.78 is 3.66. The highest BCUT2D eigenvalue weighted by Gasteiger charge is 2.05. The smallest absolute Gasteiger partial charge is 0.129 e. The molecule has 0 bridgehead atoms. The van der Waals surface area contributed by atoms with Crippen molar-refractivity contribution in [3.8, 4) is 0 Å². The number of rotatable bonds is 3. The predicted molar refractivity (Wildman–Crippen MR) is 55.5 cm³/mol. The molecule has 0 aliphatic rings. The quantitative estimate of drug-likeness (QED) is 0.843. The van der Waals surface area contributed by atoms with Crippen LogP contribution in [0, 0.1) is 0 Å². The summed E-state index contributed by atoms with van der Waals surface area (Å²) in [5.41, 5.74) is 0.648. The lowest BCUT2D eigenvalue weighted by Gasteiger charge is -2.02. The summed E-state index contributed by atoms with van der Waals surface area (Å²) >= 11 is 5.86. The van der Waals surface area contributed by atoms with Crippen LogP contribution in [0.25, 0.3) is 0 Å². The molecule has 15 heavy (non-hydrogen) atoms. The molecule has 5 nitrogen and oxygen atoms in total. The molecular weight excluding hydrogens is 216 g/mol. The second-order valence-electron chi connectivity index (χ2n) is 3.25. The van der Waals surface area contributed by atoms with E-state index in [4.69, 9.17) is 16.7 Å². The third-order valence-corrected chi connectivity index (χ3v) is 2.55. The Morgan fingerprint density at radius 1 is 1.47 bits per heavy atom. The van der Waals surface area contributed by atoms with E-state index < -0.39 is 0 Å². The van der Waals surface area contributed by atoms with Crippen LogP contribution in [0.5, 0.6) is 0 Å². The van der Waals surface area contributed by atoms with E-state index in [9.17, 15) is 0 Å². The van der Waals surface area contributed by atoms with Gasteiger partial charge in [0.1, 0.15) is 11.0 Å². The SMILES string of the molecule is Cn1c(Cl)cnc1Cn1cnc(CO)c1. The number of aliphatic hydroxyl groups is 1. The van der Waals surface area contributed by atoms with Crippen LogP contribution >= 0.6 is 11.6 Å². The van der Waals surface area contributed by atoms with Gasteiger partial charge in [-0.2, -0.15) is 0 Å². The van der Waals surface area contributed by atoms with Gasteiger partial charge in [-0.05, 0) is 0 Å². The first kappa shape index (κ1) is 10.2. The molecule has 0 aliphatic carbocycles. The topological polar surface area (TPSA) is 55.9 Å². The molecule has 0 aromatic carbocycles. The maximum Gasteiger partial charge on any atom is 0.129 e. The third-order valence-electron chi connectivity index (χ3n) is 2.20. The van der Waals surface area contributed by atoms with Crippen LogP contribution in [0.3, 0.4) is 0 Å². The fourth-order valence-electron chi connectivity index (χ4n) is 1.31. The number of imidazole rings is 2. The van der Waals surface area contributed by atoms with Gasteiger partial charge in [0.2, 0.25) is 0 Å². The Morgan fingerprint density at radius 3 is 2.80 bits per heavy atom. The first-order valence-corrected chi connectivity index (χ1v) is 4.86. The number of halogens is 1. The lowest BCUT2D eigenvalue weighted by atomic mass is 10.5. The van der Waals surface area contributed by atoms with E-state index in [1.807, 2.05) is 11.6 Å². The number of aliphatic hydroxyl groups excluding tert-OH is 1. The first-order chi connectivity index (χ1) is 7.20. The van der Waals surface area contributed by atoms with E-state index in [-0.39, 0.29) is 6.61 Å². The maximum absolute atomic E-state index is 8.86. The molecule has 0 aliphatic heterocycles. The van der Waals surface area contributed by atoms with Crippen LogP contribution in [0.15, 0.2) is 18.7 Å².